The maximum absolute atomic E-state index is 11.5. The van der Waals surface area contributed by atoms with Crippen LogP contribution in [0.3, 0.4) is 0 Å². The highest BCUT2D eigenvalue weighted by Crippen LogP contribution is 2.19. The Kier molecular flexibility index (Phi) is 3.26. The van der Waals surface area contributed by atoms with Gasteiger partial charge < -0.3 is 5.73 Å². The summed E-state index contributed by atoms with van der Waals surface area (Å²) in [7, 11) is 0. The summed E-state index contributed by atoms with van der Waals surface area (Å²) < 4.78 is 0. The van der Waals surface area contributed by atoms with Crippen LogP contribution in [0, 0.1) is 0 Å². The lowest BCUT2D eigenvalue weighted by molar-refractivity contribution is 0.785. The Bertz CT molecular complexity index is 575. The fourth-order valence-electron chi connectivity index (χ4n) is 1.53. The molecule has 1 unspecified atom stereocenters. The first-order valence-electron chi connectivity index (χ1n) is 5.19. The van der Waals surface area contributed by atoms with E-state index in [4.69, 9.17) is 17.3 Å². The minimum absolute atomic E-state index is 0.252. The molecule has 2 rings (SSSR count). The molecular weight excluding hydrogens is 238 g/mol. The first kappa shape index (κ1) is 11.8. The lowest BCUT2D eigenvalue weighted by Gasteiger charge is -2.06. The van der Waals surface area contributed by atoms with Gasteiger partial charge in [-0.2, -0.15) is 5.10 Å². The summed E-state index contributed by atoms with van der Waals surface area (Å²) in [4.78, 5) is 11.5. The van der Waals surface area contributed by atoms with Crippen molar-refractivity contribution < 1.29 is 0 Å². The molecule has 0 aliphatic rings. The van der Waals surface area contributed by atoms with Crippen LogP contribution < -0.4 is 11.3 Å². The summed E-state index contributed by atoms with van der Waals surface area (Å²) in [6, 6.07) is 8.60. The number of nitrogens with two attached hydrogens (primary N) is 1. The average Bonchev–Trinajstić information content (AvgIpc) is 2.30. The zero-order chi connectivity index (χ0) is 12.4. The van der Waals surface area contributed by atoms with Gasteiger partial charge in [-0.15, -0.1) is 0 Å². The largest absolute Gasteiger partial charge is 0.324 e. The van der Waals surface area contributed by atoms with Crippen molar-refractivity contribution in [2.75, 3.05) is 0 Å². The Morgan fingerprint density at radius 1 is 1.35 bits per heavy atom. The molecule has 2 aromatic rings. The van der Waals surface area contributed by atoms with Crippen LogP contribution in [0.15, 0.2) is 35.1 Å². The molecule has 3 N–H and O–H groups in total. The molecule has 1 aromatic carbocycles. The molecule has 0 aliphatic carbocycles. The van der Waals surface area contributed by atoms with E-state index in [-0.39, 0.29) is 11.6 Å². The number of nitrogens with zero attached hydrogens (tertiary/aromatic N) is 1. The van der Waals surface area contributed by atoms with E-state index in [1.54, 1.807) is 25.1 Å². The number of hydrogen-bond donors (Lipinski definition) is 2. The van der Waals surface area contributed by atoms with Gasteiger partial charge in [0.25, 0.3) is 5.56 Å². The van der Waals surface area contributed by atoms with Crippen molar-refractivity contribution in [1.29, 1.82) is 0 Å². The number of hydrogen-bond acceptors (Lipinski definition) is 3. The van der Waals surface area contributed by atoms with E-state index in [1.807, 2.05) is 12.1 Å². The molecule has 4 nitrogen and oxygen atoms in total. The summed E-state index contributed by atoms with van der Waals surface area (Å²) in [5.41, 5.74) is 7.54. The number of nitrogens with one attached hydrogen (secondary N) is 1. The predicted octanol–water partition coefficient (Wildman–Crippen LogP) is 2.11. The maximum atomic E-state index is 11.5. The molecule has 0 spiro atoms. The van der Waals surface area contributed by atoms with Crippen molar-refractivity contribution in [1.82, 2.24) is 10.2 Å². The van der Waals surface area contributed by atoms with E-state index in [0.717, 1.165) is 5.56 Å². The van der Waals surface area contributed by atoms with Crippen LogP contribution in [0.5, 0.6) is 0 Å². The number of rotatable bonds is 2. The molecule has 0 bridgehead atoms. The molecule has 0 radical (unpaired) electrons. The molecule has 0 saturated heterocycles. The molecule has 1 atom stereocenters. The van der Waals surface area contributed by atoms with Crippen molar-refractivity contribution in [3.8, 4) is 11.3 Å². The topological polar surface area (TPSA) is 71.8 Å². The van der Waals surface area contributed by atoms with Gasteiger partial charge in [-0.25, -0.2) is 5.10 Å². The van der Waals surface area contributed by atoms with E-state index in [9.17, 15) is 4.79 Å². The average molecular weight is 250 g/mol. The summed E-state index contributed by atoms with van der Waals surface area (Å²) in [5, 5.41) is 7.09. The zero-order valence-corrected chi connectivity index (χ0v) is 10.0. The lowest BCUT2D eigenvalue weighted by atomic mass is 10.1. The number of H-pyrrole nitrogens is 1. The molecule has 1 aromatic heterocycles. The third kappa shape index (κ3) is 2.54. The van der Waals surface area contributed by atoms with E-state index in [2.05, 4.69) is 10.2 Å². The summed E-state index contributed by atoms with van der Waals surface area (Å²) in [6.45, 7) is 1.76. The monoisotopic (exact) mass is 249 g/mol. The van der Waals surface area contributed by atoms with Crippen LogP contribution in [-0.2, 0) is 0 Å². The number of benzene rings is 1. The molecule has 0 fully saturated rings. The number of aromatic nitrogens is 2. The van der Waals surface area contributed by atoms with Crippen molar-refractivity contribution in [3.05, 3.63) is 51.3 Å². The maximum Gasteiger partial charge on any atom is 0.268 e. The zero-order valence-electron chi connectivity index (χ0n) is 9.27. The Balaban J connectivity index is 2.50. The Morgan fingerprint density at radius 2 is 2.00 bits per heavy atom. The number of halogens is 1. The van der Waals surface area contributed by atoms with Gasteiger partial charge >= 0.3 is 0 Å². The van der Waals surface area contributed by atoms with Gasteiger partial charge in [0.15, 0.2) is 0 Å². The highest BCUT2D eigenvalue weighted by Gasteiger charge is 2.08. The van der Waals surface area contributed by atoms with Crippen LogP contribution in [0.2, 0.25) is 5.02 Å². The van der Waals surface area contributed by atoms with Crippen molar-refractivity contribution in [2.24, 2.45) is 5.73 Å². The fraction of sp³-hybridized carbons (Fsp3) is 0.167. The van der Waals surface area contributed by atoms with Crippen molar-refractivity contribution in [2.45, 2.75) is 13.0 Å². The third-order valence-electron chi connectivity index (χ3n) is 2.46. The number of aromatic amines is 1. The van der Waals surface area contributed by atoms with Crippen LogP contribution in [0.4, 0.5) is 0 Å². The van der Waals surface area contributed by atoms with Crippen molar-refractivity contribution in [3.63, 3.8) is 0 Å². The predicted molar refractivity (Wildman–Crippen MR) is 67.9 cm³/mol. The Morgan fingerprint density at radius 3 is 2.59 bits per heavy atom. The molecule has 0 aliphatic heterocycles. The van der Waals surface area contributed by atoms with Crippen LogP contribution in [-0.4, -0.2) is 10.2 Å². The second-order valence-electron chi connectivity index (χ2n) is 3.83. The van der Waals surface area contributed by atoms with Gasteiger partial charge in [0.05, 0.1) is 5.69 Å². The quantitative estimate of drug-likeness (QED) is 0.856. The molecule has 0 amide bonds. The standard InChI is InChI=1S/C12H12ClN3O/c1-7(14)10-6-11(15-16-12(10)17)8-2-4-9(13)5-3-8/h2-7H,14H2,1H3,(H,16,17). The second kappa shape index (κ2) is 4.69. The Hall–Kier alpha value is -1.65. The van der Waals surface area contributed by atoms with E-state index >= 15 is 0 Å². The van der Waals surface area contributed by atoms with E-state index in [1.165, 1.54) is 0 Å². The highest BCUT2D eigenvalue weighted by molar-refractivity contribution is 6.30. The van der Waals surface area contributed by atoms with Crippen LogP contribution >= 0.6 is 11.6 Å². The van der Waals surface area contributed by atoms with Crippen LogP contribution in [0.25, 0.3) is 11.3 Å². The third-order valence-corrected chi connectivity index (χ3v) is 2.71. The van der Waals surface area contributed by atoms with Gasteiger partial charge in [0, 0.05) is 22.2 Å². The normalized spacial score (nSPS) is 12.4. The van der Waals surface area contributed by atoms with Gasteiger partial charge in [-0.3, -0.25) is 4.79 Å². The minimum atomic E-state index is -0.326. The highest BCUT2D eigenvalue weighted by atomic mass is 35.5. The van der Waals surface area contributed by atoms with Gasteiger partial charge in [0.1, 0.15) is 0 Å². The molecule has 17 heavy (non-hydrogen) atoms. The summed E-state index contributed by atoms with van der Waals surface area (Å²) in [5.74, 6) is 0. The molecule has 1 heterocycles. The van der Waals surface area contributed by atoms with Gasteiger partial charge in [-0.1, -0.05) is 23.7 Å². The lowest BCUT2D eigenvalue weighted by Crippen LogP contribution is -2.20. The second-order valence-corrected chi connectivity index (χ2v) is 4.27. The Labute approximate surface area is 103 Å². The molecule has 0 saturated carbocycles. The fourth-order valence-corrected chi connectivity index (χ4v) is 1.65. The van der Waals surface area contributed by atoms with Crippen LogP contribution in [0.1, 0.15) is 18.5 Å². The van der Waals surface area contributed by atoms with Gasteiger partial charge in [-0.05, 0) is 25.1 Å². The SMILES string of the molecule is CC(N)c1cc(-c2ccc(Cl)cc2)n[nH]c1=O. The van der Waals surface area contributed by atoms with E-state index < -0.39 is 0 Å². The smallest absolute Gasteiger partial charge is 0.268 e. The van der Waals surface area contributed by atoms with E-state index in [0.29, 0.717) is 16.3 Å². The first-order chi connectivity index (χ1) is 8.08. The van der Waals surface area contributed by atoms with Gasteiger partial charge in [0.2, 0.25) is 0 Å². The first-order valence-corrected chi connectivity index (χ1v) is 5.57. The van der Waals surface area contributed by atoms with Crippen molar-refractivity contribution >= 4 is 11.6 Å². The molecule has 5 heteroatoms. The minimum Gasteiger partial charge on any atom is -0.324 e. The molecule has 88 valence electrons. The molecular formula is C12H12ClN3O. The summed E-state index contributed by atoms with van der Waals surface area (Å²) in [6.07, 6.45) is 0. The summed E-state index contributed by atoms with van der Waals surface area (Å²) >= 11 is 5.81.